The highest BCUT2D eigenvalue weighted by atomic mass is 32.1. The molecule has 5 heteroatoms. The first-order valence-electron chi connectivity index (χ1n) is 5.15. The van der Waals surface area contributed by atoms with Crippen molar-refractivity contribution in [1.29, 1.82) is 0 Å². The van der Waals surface area contributed by atoms with E-state index in [0.29, 0.717) is 6.04 Å². The van der Waals surface area contributed by atoms with Crippen molar-refractivity contribution in [2.45, 2.75) is 44.2 Å². The van der Waals surface area contributed by atoms with Gasteiger partial charge in [-0.05, 0) is 12.8 Å². The molecule has 0 aromatic carbocycles. The van der Waals surface area contributed by atoms with E-state index in [-0.39, 0.29) is 6.04 Å². The molecular formula is C9H16N4S. The molecule has 14 heavy (non-hydrogen) atoms. The average Bonchev–Trinajstić information content (AvgIpc) is 2.60. The molecule has 1 heterocycles. The van der Waals surface area contributed by atoms with Crippen LogP contribution in [0.1, 0.15) is 32.1 Å². The zero-order valence-corrected chi connectivity index (χ0v) is 8.96. The van der Waals surface area contributed by atoms with Crippen molar-refractivity contribution in [1.82, 2.24) is 9.36 Å². The van der Waals surface area contributed by atoms with Crippen LogP contribution in [0.5, 0.6) is 0 Å². The first-order valence-corrected chi connectivity index (χ1v) is 5.92. The van der Waals surface area contributed by atoms with E-state index in [0.717, 1.165) is 18.0 Å². The van der Waals surface area contributed by atoms with E-state index in [1.54, 1.807) is 6.33 Å². The monoisotopic (exact) mass is 212 g/mol. The van der Waals surface area contributed by atoms with E-state index in [2.05, 4.69) is 14.7 Å². The number of aromatic nitrogens is 2. The van der Waals surface area contributed by atoms with Gasteiger partial charge >= 0.3 is 0 Å². The maximum Gasteiger partial charge on any atom is 0.202 e. The van der Waals surface area contributed by atoms with Crippen molar-refractivity contribution in [3.8, 4) is 0 Å². The Labute approximate surface area is 88.1 Å². The zero-order chi connectivity index (χ0) is 9.80. The summed E-state index contributed by atoms with van der Waals surface area (Å²) in [6, 6.07) is 0.645. The van der Waals surface area contributed by atoms with E-state index >= 15 is 0 Å². The summed E-state index contributed by atoms with van der Waals surface area (Å²) in [5.74, 6) is 0. The Balaban J connectivity index is 1.94. The molecule has 1 aromatic rings. The Morgan fingerprint density at radius 2 is 2.21 bits per heavy atom. The lowest BCUT2D eigenvalue weighted by Gasteiger charge is -2.21. The molecule has 1 aliphatic rings. The van der Waals surface area contributed by atoms with Crippen LogP contribution in [0.2, 0.25) is 0 Å². The molecule has 0 saturated heterocycles. The summed E-state index contributed by atoms with van der Waals surface area (Å²) in [6.45, 7) is 0. The summed E-state index contributed by atoms with van der Waals surface area (Å²) >= 11 is 1.40. The van der Waals surface area contributed by atoms with Gasteiger partial charge < -0.3 is 11.1 Å². The molecule has 4 nitrogen and oxygen atoms in total. The highest BCUT2D eigenvalue weighted by Gasteiger charge is 2.20. The highest BCUT2D eigenvalue weighted by molar-refractivity contribution is 7.09. The van der Waals surface area contributed by atoms with Crippen molar-refractivity contribution in [2.24, 2.45) is 5.73 Å². The topological polar surface area (TPSA) is 63.8 Å². The third-order valence-electron chi connectivity index (χ3n) is 2.74. The number of hydrogen-bond donors (Lipinski definition) is 2. The molecule has 1 aromatic heterocycles. The van der Waals surface area contributed by atoms with Crippen LogP contribution in [0.25, 0.3) is 0 Å². The van der Waals surface area contributed by atoms with Gasteiger partial charge in [-0.15, -0.1) is 0 Å². The van der Waals surface area contributed by atoms with Gasteiger partial charge in [0.25, 0.3) is 0 Å². The quantitative estimate of drug-likeness (QED) is 0.731. The van der Waals surface area contributed by atoms with Crippen LogP contribution >= 0.6 is 11.5 Å². The minimum absolute atomic E-state index is 0.265. The van der Waals surface area contributed by atoms with E-state index in [1.165, 1.54) is 30.8 Å². The third-order valence-corrected chi connectivity index (χ3v) is 3.34. The predicted molar refractivity (Wildman–Crippen MR) is 58.4 cm³/mol. The summed E-state index contributed by atoms with van der Waals surface area (Å²) < 4.78 is 3.96. The Bertz CT molecular complexity index is 262. The van der Waals surface area contributed by atoms with Gasteiger partial charge in [-0.2, -0.15) is 4.37 Å². The van der Waals surface area contributed by atoms with E-state index in [9.17, 15) is 0 Å². The van der Waals surface area contributed by atoms with Crippen LogP contribution in [0.15, 0.2) is 6.33 Å². The summed E-state index contributed by atoms with van der Waals surface area (Å²) in [5.41, 5.74) is 6.09. The van der Waals surface area contributed by atoms with Crippen LogP contribution in [-0.4, -0.2) is 21.4 Å². The van der Waals surface area contributed by atoms with E-state index in [1.807, 2.05) is 0 Å². The number of nitrogens with two attached hydrogens (primary N) is 1. The fourth-order valence-corrected chi connectivity index (χ4v) is 2.40. The fraction of sp³-hybridized carbons (Fsp3) is 0.778. The lowest BCUT2D eigenvalue weighted by Crippen LogP contribution is -2.39. The minimum Gasteiger partial charge on any atom is -0.356 e. The summed E-state index contributed by atoms with van der Waals surface area (Å²) in [4.78, 5) is 4.12. The second kappa shape index (κ2) is 4.70. The molecular weight excluding hydrogens is 196 g/mol. The van der Waals surface area contributed by atoms with Crippen LogP contribution in [0.3, 0.4) is 0 Å². The molecule has 0 aliphatic heterocycles. The maximum atomic E-state index is 6.09. The van der Waals surface area contributed by atoms with Gasteiger partial charge in [0, 0.05) is 23.6 Å². The Morgan fingerprint density at radius 3 is 3.00 bits per heavy atom. The minimum atomic E-state index is 0.265. The van der Waals surface area contributed by atoms with Gasteiger partial charge in [0.15, 0.2) is 0 Å². The second-order valence-corrected chi connectivity index (χ2v) is 4.58. The number of anilines is 1. The molecule has 0 spiro atoms. The van der Waals surface area contributed by atoms with Gasteiger partial charge in [0.05, 0.1) is 0 Å². The van der Waals surface area contributed by atoms with Gasteiger partial charge in [-0.1, -0.05) is 19.3 Å². The first-order chi connectivity index (χ1) is 6.86. The fourth-order valence-electron chi connectivity index (χ4n) is 1.91. The van der Waals surface area contributed by atoms with Gasteiger partial charge in [-0.3, -0.25) is 0 Å². The van der Waals surface area contributed by atoms with Crippen molar-refractivity contribution in [3.63, 3.8) is 0 Å². The zero-order valence-electron chi connectivity index (χ0n) is 8.15. The third kappa shape index (κ3) is 2.42. The summed E-state index contributed by atoms with van der Waals surface area (Å²) in [7, 11) is 0. The van der Waals surface area contributed by atoms with Crippen LogP contribution in [-0.2, 0) is 0 Å². The van der Waals surface area contributed by atoms with E-state index < -0.39 is 0 Å². The first kappa shape index (κ1) is 9.86. The number of nitrogens with zero attached hydrogens (tertiary/aromatic N) is 2. The molecule has 2 unspecified atom stereocenters. The van der Waals surface area contributed by atoms with Crippen LogP contribution < -0.4 is 11.1 Å². The molecule has 0 amide bonds. The smallest absolute Gasteiger partial charge is 0.202 e. The molecule has 1 saturated carbocycles. The average molecular weight is 212 g/mol. The van der Waals surface area contributed by atoms with Gasteiger partial charge in [-0.25, -0.2) is 4.98 Å². The number of rotatable bonds is 2. The van der Waals surface area contributed by atoms with Gasteiger partial charge in [0.1, 0.15) is 6.33 Å². The second-order valence-electron chi connectivity index (χ2n) is 3.80. The highest BCUT2D eigenvalue weighted by Crippen LogP contribution is 2.20. The van der Waals surface area contributed by atoms with Crippen LogP contribution in [0, 0.1) is 0 Å². The summed E-state index contributed by atoms with van der Waals surface area (Å²) in [6.07, 6.45) is 7.69. The molecule has 78 valence electrons. The Kier molecular flexibility index (Phi) is 3.31. The maximum absolute atomic E-state index is 6.09. The molecule has 1 fully saturated rings. The molecule has 0 radical (unpaired) electrons. The lowest BCUT2D eigenvalue weighted by atomic mass is 10.0. The van der Waals surface area contributed by atoms with Crippen LogP contribution in [0.4, 0.5) is 5.13 Å². The molecule has 3 N–H and O–H groups in total. The SMILES string of the molecule is NC1CCCCCC1Nc1ncns1. The van der Waals surface area contributed by atoms with Gasteiger partial charge in [0.2, 0.25) is 5.13 Å². The molecule has 1 aliphatic carbocycles. The van der Waals surface area contributed by atoms with Crippen molar-refractivity contribution in [3.05, 3.63) is 6.33 Å². The predicted octanol–water partition coefficient (Wildman–Crippen LogP) is 1.61. The molecule has 2 atom stereocenters. The molecule has 2 rings (SSSR count). The lowest BCUT2D eigenvalue weighted by molar-refractivity contribution is 0.528. The number of hydrogen-bond acceptors (Lipinski definition) is 5. The normalized spacial score (nSPS) is 28.4. The van der Waals surface area contributed by atoms with Crippen molar-refractivity contribution >= 4 is 16.7 Å². The summed E-state index contributed by atoms with van der Waals surface area (Å²) in [5, 5.41) is 4.27. The number of nitrogens with one attached hydrogen (secondary N) is 1. The largest absolute Gasteiger partial charge is 0.356 e. The Morgan fingerprint density at radius 1 is 1.36 bits per heavy atom. The van der Waals surface area contributed by atoms with Crippen molar-refractivity contribution in [2.75, 3.05) is 5.32 Å². The van der Waals surface area contributed by atoms with E-state index in [4.69, 9.17) is 5.73 Å². The molecule has 0 bridgehead atoms. The van der Waals surface area contributed by atoms with Crippen molar-refractivity contribution < 1.29 is 0 Å². The standard InChI is InChI=1S/C9H16N4S/c10-7-4-2-1-3-5-8(7)13-9-11-6-12-14-9/h6-8H,1-5,10H2,(H,11,12,13). The Hall–Kier alpha value is -0.680.